The van der Waals surface area contributed by atoms with E-state index in [-0.39, 0.29) is 11.3 Å². The molecule has 0 spiro atoms. The van der Waals surface area contributed by atoms with Crippen LogP contribution in [0.2, 0.25) is 0 Å². The smallest absolute Gasteiger partial charge is 0.261 e. The summed E-state index contributed by atoms with van der Waals surface area (Å²) in [6.07, 6.45) is 1.80. The Bertz CT molecular complexity index is 1040. The number of ketones is 1. The van der Waals surface area contributed by atoms with Crippen LogP contribution in [0, 0.1) is 0 Å². The summed E-state index contributed by atoms with van der Waals surface area (Å²) in [6.45, 7) is 0. The standard InChI is InChI=1S/C16H12N4O3S/c21-14-3-1-2-11-9(14)7-10(16(23)18-11)15(22)17-8-4-5-12-13(6-8)20-24-19-12/h4-7H,1-3H2,(H,17,22)(H,18,23). The molecule has 1 aliphatic carbocycles. The first kappa shape index (κ1) is 14.7. The van der Waals surface area contributed by atoms with Gasteiger partial charge in [-0.1, -0.05) is 0 Å². The summed E-state index contributed by atoms with van der Waals surface area (Å²) in [4.78, 5) is 39.2. The van der Waals surface area contributed by atoms with E-state index in [1.165, 1.54) is 6.07 Å². The van der Waals surface area contributed by atoms with E-state index in [2.05, 4.69) is 19.0 Å². The SMILES string of the molecule is O=C1CCCc2[nH]c(=O)c(C(=O)Nc3ccc4nsnc4c3)cc21. The van der Waals surface area contributed by atoms with Crippen LogP contribution >= 0.6 is 11.7 Å². The molecule has 0 fully saturated rings. The van der Waals surface area contributed by atoms with E-state index >= 15 is 0 Å². The molecular weight excluding hydrogens is 328 g/mol. The number of nitrogens with one attached hydrogen (secondary N) is 2. The van der Waals surface area contributed by atoms with Crippen LogP contribution in [0.15, 0.2) is 29.1 Å². The fourth-order valence-corrected chi connectivity index (χ4v) is 3.32. The molecule has 0 bridgehead atoms. The van der Waals surface area contributed by atoms with E-state index in [1.807, 2.05) is 0 Å². The van der Waals surface area contributed by atoms with Gasteiger partial charge in [0.25, 0.3) is 11.5 Å². The van der Waals surface area contributed by atoms with Gasteiger partial charge in [-0.25, -0.2) is 0 Å². The largest absolute Gasteiger partial charge is 0.325 e. The molecule has 0 atom stereocenters. The summed E-state index contributed by atoms with van der Waals surface area (Å²) in [5.41, 5.74) is 2.43. The molecule has 7 nitrogen and oxygen atoms in total. The average Bonchev–Trinajstić information content (AvgIpc) is 3.02. The molecule has 0 saturated heterocycles. The molecule has 2 aromatic heterocycles. The third-order valence-corrected chi connectivity index (χ3v) is 4.57. The van der Waals surface area contributed by atoms with Gasteiger partial charge in [-0.05, 0) is 37.1 Å². The lowest BCUT2D eigenvalue weighted by Gasteiger charge is -2.15. The van der Waals surface area contributed by atoms with Crippen LogP contribution in [0.5, 0.6) is 0 Å². The Hall–Kier alpha value is -2.87. The van der Waals surface area contributed by atoms with E-state index in [4.69, 9.17) is 0 Å². The number of aromatic amines is 1. The van der Waals surface area contributed by atoms with Crippen molar-refractivity contribution in [2.75, 3.05) is 5.32 Å². The first-order chi connectivity index (χ1) is 11.6. The number of aryl methyl sites for hydroxylation is 1. The molecule has 0 saturated carbocycles. The van der Waals surface area contributed by atoms with Crippen molar-refractivity contribution in [2.45, 2.75) is 19.3 Å². The highest BCUT2D eigenvalue weighted by Gasteiger charge is 2.22. The zero-order valence-electron chi connectivity index (χ0n) is 12.5. The Morgan fingerprint density at radius 1 is 1.12 bits per heavy atom. The Balaban J connectivity index is 1.67. The second kappa shape index (κ2) is 5.64. The van der Waals surface area contributed by atoms with Crippen molar-refractivity contribution in [1.82, 2.24) is 13.7 Å². The van der Waals surface area contributed by atoms with Crippen LogP contribution < -0.4 is 10.9 Å². The van der Waals surface area contributed by atoms with Gasteiger partial charge in [0.15, 0.2) is 5.78 Å². The van der Waals surface area contributed by atoms with Crippen LogP contribution in [-0.4, -0.2) is 25.4 Å². The number of benzene rings is 1. The van der Waals surface area contributed by atoms with Crippen LogP contribution in [0.25, 0.3) is 11.0 Å². The monoisotopic (exact) mass is 340 g/mol. The van der Waals surface area contributed by atoms with Crippen LogP contribution in [0.3, 0.4) is 0 Å². The third-order valence-electron chi connectivity index (χ3n) is 4.01. The van der Waals surface area contributed by atoms with Gasteiger partial charge in [0.05, 0.1) is 11.7 Å². The Morgan fingerprint density at radius 3 is 2.83 bits per heavy atom. The number of rotatable bonds is 2. The van der Waals surface area contributed by atoms with Gasteiger partial charge < -0.3 is 10.3 Å². The highest BCUT2D eigenvalue weighted by molar-refractivity contribution is 7.00. The highest BCUT2D eigenvalue weighted by atomic mass is 32.1. The van der Waals surface area contributed by atoms with E-state index in [1.54, 1.807) is 18.2 Å². The van der Waals surface area contributed by atoms with Gasteiger partial charge in [-0.3, -0.25) is 14.4 Å². The van der Waals surface area contributed by atoms with Crippen molar-refractivity contribution in [3.63, 3.8) is 0 Å². The van der Waals surface area contributed by atoms with Crippen molar-refractivity contribution >= 4 is 40.1 Å². The number of aromatic nitrogens is 3. The van der Waals surface area contributed by atoms with Crippen molar-refractivity contribution in [2.24, 2.45) is 0 Å². The summed E-state index contributed by atoms with van der Waals surface area (Å²) in [7, 11) is 0. The number of hydrogen-bond donors (Lipinski definition) is 2. The number of amides is 1. The maximum atomic E-state index is 12.4. The first-order valence-electron chi connectivity index (χ1n) is 7.45. The Kier molecular flexibility index (Phi) is 3.46. The number of pyridine rings is 1. The molecule has 3 aromatic rings. The minimum Gasteiger partial charge on any atom is -0.325 e. The molecular formula is C16H12N4O3S. The zero-order chi connectivity index (χ0) is 16.7. The lowest BCUT2D eigenvalue weighted by Crippen LogP contribution is -2.27. The number of carbonyl (C=O) groups is 2. The zero-order valence-corrected chi connectivity index (χ0v) is 13.3. The normalized spacial score (nSPS) is 13.8. The molecule has 0 radical (unpaired) electrons. The highest BCUT2D eigenvalue weighted by Crippen LogP contribution is 2.20. The number of hydrogen-bond acceptors (Lipinski definition) is 6. The maximum absolute atomic E-state index is 12.4. The molecule has 8 heteroatoms. The van der Waals surface area contributed by atoms with E-state index in [9.17, 15) is 14.4 Å². The molecule has 24 heavy (non-hydrogen) atoms. The van der Waals surface area contributed by atoms with Gasteiger partial charge in [-0.2, -0.15) is 8.75 Å². The Labute approximate surface area is 140 Å². The van der Waals surface area contributed by atoms with Crippen LogP contribution in [0.4, 0.5) is 5.69 Å². The molecule has 1 aromatic carbocycles. The van der Waals surface area contributed by atoms with Crippen LogP contribution in [-0.2, 0) is 6.42 Å². The van der Waals surface area contributed by atoms with Gasteiger partial charge >= 0.3 is 0 Å². The van der Waals surface area contributed by atoms with E-state index < -0.39 is 11.5 Å². The van der Waals surface area contributed by atoms with Crippen LogP contribution in [0.1, 0.15) is 39.3 Å². The second-order valence-corrected chi connectivity index (χ2v) is 6.13. The Morgan fingerprint density at radius 2 is 1.96 bits per heavy atom. The van der Waals surface area contributed by atoms with Gasteiger partial charge in [0, 0.05) is 23.4 Å². The third kappa shape index (κ3) is 2.50. The van der Waals surface area contributed by atoms with Crippen molar-refractivity contribution in [3.05, 3.63) is 51.4 Å². The fourth-order valence-electron chi connectivity index (χ4n) is 2.80. The number of Topliss-reactive ketones (excluding diaryl/α,β-unsaturated/α-hetero) is 1. The predicted molar refractivity (Wildman–Crippen MR) is 89.7 cm³/mol. The van der Waals surface area contributed by atoms with Gasteiger partial charge in [0.2, 0.25) is 0 Å². The summed E-state index contributed by atoms with van der Waals surface area (Å²) >= 11 is 1.09. The van der Waals surface area contributed by atoms with Gasteiger partial charge in [-0.15, -0.1) is 0 Å². The van der Waals surface area contributed by atoms with E-state index in [0.717, 1.165) is 23.7 Å². The molecule has 2 N–H and O–H groups in total. The molecule has 120 valence electrons. The number of anilines is 1. The summed E-state index contributed by atoms with van der Waals surface area (Å²) < 4.78 is 8.20. The molecule has 1 amide bonds. The van der Waals surface area contributed by atoms with Crippen molar-refractivity contribution in [1.29, 1.82) is 0 Å². The molecule has 2 heterocycles. The molecule has 4 rings (SSSR count). The van der Waals surface area contributed by atoms with E-state index in [0.29, 0.717) is 35.3 Å². The number of H-pyrrole nitrogens is 1. The number of fused-ring (bicyclic) bond motifs is 2. The van der Waals surface area contributed by atoms with Crippen molar-refractivity contribution < 1.29 is 9.59 Å². The molecule has 0 aliphatic heterocycles. The lowest BCUT2D eigenvalue weighted by molar-refractivity contribution is 0.0971. The van der Waals surface area contributed by atoms with Gasteiger partial charge in [0.1, 0.15) is 16.6 Å². The maximum Gasteiger partial charge on any atom is 0.261 e. The first-order valence-corrected chi connectivity index (χ1v) is 8.18. The quantitative estimate of drug-likeness (QED) is 0.744. The predicted octanol–water partition coefficient (Wildman–Crippen LogP) is 2.15. The second-order valence-electron chi connectivity index (χ2n) is 5.60. The molecule has 1 aliphatic rings. The summed E-state index contributed by atoms with van der Waals surface area (Å²) in [6, 6.07) is 6.52. The fraction of sp³-hybridized carbons (Fsp3) is 0.188. The topological polar surface area (TPSA) is 105 Å². The van der Waals surface area contributed by atoms with Crippen molar-refractivity contribution in [3.8, 4) is 0 Å². The lowest BCUT2D eigenvalue weighted by atomic mass is 9.93. The summed E-state index contributed by atoms with van der Waals surface area (Å²) in [5, 5.41) is 2.67. The summed E-state index contributed by atoms with van der Waals surface area (Å²) in [5.74, 6) is -0.600. The number of carbonyl (C=O) groups excluding carboxylic acids is 2. The minimum atomic E-state index is -0.556. The minimum absolute atomic E-state index is 0.0449. The molecule has 0 unspecified atom stereocenters. The average molecular weight is 340 g/mol. The number of nitrogens with zero attached hydrogens (tertiary/aromatic N) is 2.